The molecule has 1 fully saturated rings. The van der Waals surface area contributed by atoms with E-state index in [1.54, 1.807) is 31.2 Å². The molecule has 0 radical (unpaired) electrons. The number of Topliss-reactive ketones (excluding diaryl/α,β-unsaturated/α-hetero) is 1. The van der Waals surface area contributed by atoms with Gasteiger partial charge >= 0.3 is 0 Å². The molecule has 1 aromatic rings. The lowest BCUT2D eigenvalue weighted by molar-refractivity contribution is -0.693. The first kappa shape index (κ1) is 15.0. The lowest BCUT2D eigenvalue weighted by Crippen LogP contribution is -2.91. The Labute approximate surface area is 120 Å². The molecule has 1 aromatic carbocycles. The van der Waals surface area contributed by atoms with E-state index in [9.17, 15) is 9.90 Å². The Hall–Kier alpha value is -1.39. The zero-order chi connectivity index (χ0) is 14.4. The van der Waals surface area contributed by atoms with Gasteiger partial charge in [-0.05, 0) is 56.9 Å². The quantitative estimate of drug-likeness (QED) is 0.735. The normalized spacial score (nSPS) is 17.1. The van der Waals surface area contributed by atoms with Crippen molar-refractivity contribution < 1.29 is 20.0 Å². The molecule has 0 spiro atoms. The highest BCUT2D eigenvalue weighted by Crippen LogP contribution is 2.14. The Morgan fingerprint density at radius 2 is 2.00 bits per heavy atom. The van der Waals surface area contributed by atoms with Gasteiger partial charge in [-0.3, -0.25) is 4.79 Å². The van der Waals surface area contributed by atoms with Crippen LogP contribution in [0.5, 0.6) is 5.75 Å². The highest BCUT2D eigenvalue weighted by molar-refractivity contribution is 5.94. The van der Waals surface area contributed by atoms with E-state index in [0.717, 1.165) is 0 Å². The highest BCUT2D eigenvalue weighted by Gasteiger charge is 2.19. The third-order valence-corrected chi connectivity index (χ3v) is 3.84. The van der Waals surface area contributed by atoms with Crippen molar-refractivity contribution in [3.63, 3.8) is 0 Å². The number of aliphatic hydroxyl groups is 1. The average molecular weight is 278 g/mol. The van der Waals surface area contributed by atoms with E-state index in [4.69, 9.17) is 4.74 Å². The number of hydrogen-bond acceptors (Lipinski definition) is 3. The summed E-state index contributed by atoms with van der Waals surface area (Å²) in [4.78, 5) is 11.1. The molecule has 0 heterocycles. The summed E-state index contributed by atoms with van der Waals surface area (Å²) in [5.74, 6) is 0.734. The van der Waals surface area contributed by atoms with Gasteiger partial charge in [-0.25, -0.2) is 0 Å². The zero-order valence-corrected chi connectivity index (χ0v) is 12.0. The SMILES string of the molecule is CC(=O)c1ccc(OC[C@H](O)C[NH2+]C2CCCC2)cc1. The second kappa shape index (κ2) is 7.41. The summed E-state index contributed by atoms with van der Waals surface area (Å²) in [6, 6.07) is 7.71. The van der Waals surface area contributed by atoms with E-state index in [1.807, 2.05) is 0 Å². The molecule has 0 unspecified atom stereocenters. The number of hydrogen-bond donors (Lipinski definition) is 2. The second-order valence-corrected chi connectivity index (χ2v) is 5.56. The summed E-state index contributed by atoms with van der Waals surface area (Å²) in [5, 5.41) is 12.1. The van der Waals surface area contributed by atoms with Gasteiger partial charge in [-0.15, -0.1) is 0 Å². The van der Waals surface area contributed by atoms with E-state index in [1.165, 1.54) is 25.7 Å². The van der Waals surface area contributed by atoms with Crippen LogP contribution >= 0.6 is 0 Å². The van der Waals surface area contributed by atoms with Crippen molar-refractivity contribution in [2.24, 2.45) is 0 Å². The van der Waals surface area contributed by atoms with Gasteiger partial charge in [0.15, 0.2) is 5.78 Å². The molecule has 1 saturated carbocycles. The summed E-state index contributed by atoms with van der Waals surface area (Å²) in [6.45, 7) is 2.53. The summed E-state index contributed by atoms with van der Waals surface area (Å²) in [6.07, 6.45) is 4.70. The van der Waals surface area contributed by atoms with Crippen LogP contribution in [0, 0.1) is 0 Å². The monoisotopic (exact) mass is 278 g/mol. The average Bonchev–Trinajstić information content (AvgIpc) is 2.96. The molecule has 4 heteroatoms. The van der Waals surface area contributed by atoms with Crippen molar-refractivity contribution in [1.29, 1.82) is 0 Å². The molecule has 1 aliphatic rings. The number of carbonyl (C=O) groups is 1. The molecule has 0 saturated heterocycles. The number of ether oxygens (including phenoxy) is 1. The molecule has 0 amide bonds. The van der Waals surface area contributed by atoms with Crippen LogP contribution < -0.4 is 10.1 Å². The smallest absolute Gasteiger partial charge is 0.159 e. The van der Waals surface area contributed by atoms with Crippen molar-refractivity contribution in [3.8, 4) is 5.75 Å². The number of aliphatic hydroxyl groups excluding tert-OH is 1. The molecular formula is C16H24NO3+. The fourth-order valence-corrected chi connectivity index (χ4v) is 2.59. The van der Waals surface area contributed by atoms with Gasteiger partial charge in [0.2, 0.25) is 0 Å². The van der Waals surface area contributed by atoms with Crippen molar-refractivity contribution in [1.82, 2.24) is 0 Å². The minimum absolute atomic E-state index is 0.0442. The first-order chi connectivity index (χ1) is 9.65. The number of carbonyl (C=O) groups excluding carboxylic acids is 1. The Kier molecular flexibility index (Phi) is 5.56. The Bertz CT molecular complexity index is 424. The second-order valence-electron chi connectivity index (χ2n) is 5.56. The van der Waals surface area contributed by atoms with E-state index in [-0.39, 0.29) is 5.78 Å². The molecule has 1 atom stereocenters. The van der Waals surface area contributed by atoms with Crippen LogP contribution in [0.1, 0.15) is 43.0 Å². The summed E-state index contributed by atoms with van der Waals surface area (Å²) in [7, 11) is 0. The minimum atomic E-state index is -0.455. The summed E-state index contributed by atoms with van der Waals surface area (Å²) < 4.78 is 5.54. The highest BCUT2D eigenvalue weighted by atomic mass is 16.5. The molecule has 1 aliphatic carbocycles. The van der Waals surface area contributed by atoms with Gasteiger partial charge in [0.1, 0.15) is 25.0 Å². The molecule has 0 aliphatic heterocycles. The van der Waals surface area contributed by atoms with Crippen LogP contribution in [-0.4, -0.2) is 36.2 Å². The molecule has 3 N–H and O–H groups in total. The molecular weight excluding hydrogens is 254 g/mol. The zero-order valence-electron chi connectivity index (χ0n) is 12.0. The van der Waals surface area contributed by atoms with Gasteiger partial charge in [-0.1, -0.05) is 0 Å². The third kappa shape index (κ3) is 4.62. The topological polar surface area (TPSA) is 63.1 Å². The van der Waals surface area contributed by atoms with Crippen molar-refractivity contribution >= 4 is 5.78 Å². The molecule has 20 heavy (non-hydrogen) atoms. The largest absolute Gasteiger partial charge is 0.491 e. The van der Waals surface area contributed by atoms with Gasteiger partial charge < -0.3 is 15.2 Å². The van der Waals surface area contributed by atoms with E-state index in [2.05, 4.69) is 5.32 Å². The van der Waals surface area contributed by atoms with Gasteiger partial charge in [-0.2, -0.15) is 0 Å². The Morgan fingerprint density at radius 3 is 2.60 bits per heavy atom. The Morgan fingerprint density at radius 1 is 1.35 bits per heavy atom. The maximum Gasteiger partial charge on any atom is 0.159 e. The maximum atomic E-state index is 11.1. The van der Waals surface area contributed by atoms with Crippen LogP contribution in [0.3, 0.4) is 0 Å². The summed E-state index contributed by atoms with van der Waals surface area (Å²) >= 11 is 0. The van der Waals surface area contributed by atoms with E-state index >= 15 is 0 Å². The van der Waals surface area contributed by atoms with Gasteiger partial charge in [0, 0.05) is 5.56 Å². The molecule has 2 rings (SSSR count). The number of benzene rings is 1. The van der Waals surface area contributed by atoms with Crippen LogP contribution in [-0.2, 0) is 0 Å². The predicted octanol–water partition coefficient (Wildman–Crippen LogP) is 1.13. The van der Waals surface area contributed by atoms with Crippen molar-refractivity contribution in [3.05, 3.63) is 29.8 Å². The number of rotatable bonds is 7. The minimum Gasteiger partial charge on any atom is -0.491 e. The fourth-order valence-electron chi connectivity index (χ4n) is 2.59. The van der Waals surface area contributed by atoms with Crippen LogP contribution in [0.15, 0.2) is 24.3 Å². The van der Waals surface area contributed by atoms with Crippen LogP contribution in [0.25, 0.3) is 0 Å². The van der Waals surface area contributed by atoms with Crippen molar-refractivity contribution in [2.75, 3.05) is 13.2 Å². The molecule has 0 bridgehead atoms. The van der Waals surface area contributed by atoms with E-state index < -0.39 is 6.10 Å². The number of quaternary nitrogens is 1. The lowest BCUT2D eigenvalue weighted by Gasteiger charge is -2.14. The van der Waals surface area contributed by atoms with Crippen molar-refractivity contribution in [2.45, 2.75) is 44.8 Å². The third-order valence-electron chi connectivity index (χ3n) is 3.84. The molecule has 4 nitrogen and oxygen atoms in total. The predicted molar refractivity (Wildman–Crippen MR) is 77.0 cm³/mol. The van der Waals surface area contributed by atoms with E-state index in [0.29, 0.717) is 30.5 Å². The van der Waals surface area contributed by atoms with Gasteiger partial charge in [0.05, 0.1) is 6.04 Å². The number of nitrogens with two attached hydrogens (primary N) is 1. The maximum absolute atomic E-state index is 11.1. The fraction of sp³-hybridized carbons (Fsp3) is 0.562. The Balaban J connectivity index is 1.69. The first-order valence-corrected chi connectivity index (χ1v) is 7.40. The summed E-state index contributed by atoms with van der Waals surface area (Å²) in [5.41, 5.74) is 0.674. The standard InChI is InChI=1S/C16H23NO3/c1-12(18)13-6-8-16(9-7-13)20-11-15(19)10-17-14-4-2-3-5-14/h6-9,14-15,17,19H,2-5,10-11H2,1H3/p+1/t15-/m1/s1. The number of ketones is 1. The van der Waals surface area contributed by atoms with Crippen LogP contribution in [0.2, 0.25) is 0 Å². The van der Waals surface area contributed by atoms with Crippen LogP contribution in [0.4, 0.5) is 0 Å². The molecule has 110 valence electrons. The first-order valence-electron chi connectivity index (χ1n) is 7.40. The lowest BCUT2D eigenvalue weighted by atomic mass is 10.1. The van der Waals surface area contributed by atoms with Gasteiger partial charge in [0.25, 0.3) is 0 Å². The molecule has 0 aromatic heterocycles.